The Kier molecular flexibility index (Phi) is 3.60. The van der Waals surface area contributed by atoms with Gasteiger partial charge in [0.15, 0.2) is 5.69 Å². The van der Waals surface area contributed by atoms with Gasteiger partial charge < -0.3 is 0 Å². The lowest BCUT2D eigenvalue weighted by Crippen LogP contribution is -2.36. The van der Waals surface area contributed by atoms with Gasteiger partial charge in [-0.3, -0.25) is 10.1 Å². The highest BCUT2D eigenvalue weighted by Crippen LogP contribution is 2.28. The molecule has 1 heterocycles. The minimum Gasteiger partial charge on any atom is -0.258 e. The molecule has 0 aliphatic heterocycles. The Bertz CT molecular complexity index is 612. The largest absolute Gasteiger partial charge is 0.341 e. The van der Waals surface area contributed by atoms with Gasteiger partial charge in [0, 0.05) is 13.0 Å². The number of halogens is 1. The lowest BCUT2D eigenvalue weighted by Gasteiger charge is -2.05. The third-order valence-corrected chi connectivity index (χ3v) is 4.03. The zero-order chi connectivity index (χ0) is 13.3. The van der Waals surface area contributed by atoms with Crippen LogP contribution >= 0.6 is 22.6 Å². The highest BCUT2D eigenvalue weighted by molar-refractivity contribution is 14.1. The number of nitrogens with zero attached hydrogens (tertiary/aromatic N) is 2. The summed E-state index contributed by atoms with van der Waals surface area (Å²) >= 11 is 2.12. The van der Waals surface area contributed by atoms with Gasteiger partial charge in [-0.25, -0.2) is 0 Å². The third-order valence-electron chi connectivity index (χ3n) is 2.93. The summed E-state index contributed by atoms with van der Waals surface area (Å²) in [5.74, 6) is 0. The first-order valence-corrected chi connectivity index (χ1v) is 6.49. The van der Waals surface area contributed by atoms with Crippen molar-refractivity contribution in [1.82, 2.24) is 0 Å². The van der Waals surface area contributed by atoms with Crippen molar-refractivity contribution >= 4 is 28.3 Å². The highest BCUT2D eigenvalue weighted by atomic mass is 127. The standard InChI is InChI=1S/C13H12IN2O2/c1-9-11(14)8-12(16(17)18)13(15(9)2)10-6-4-3-5-7-10/h3-8H,1-2H3/q+1. The monoisotopic (exact) mass is 355 g/mol. The molecule has 2 rings (SSSR count). The van der Waals surface area contributed by atoms with Crippen molar-refractivity contribution in [3.63, 3.8) is 0 Å². The van der Waals surface area contributed by atoms with Gasteiger partial charge in [0.25, 0.3) is 5.69 Å². The van der Waals surface area contributed by atoms with E-state index in [-0.39, 0.29) is 10.6 Å². The van der Waals surface area contributed by atoms with Crippen molar-refractivity contribution in [1.29, 1.82) is 0 Å². The van der Waals surface area contributed by atoms with Gasteiger partial charge in [0.2, 0.25) is 0 Å². The van der Waals surface area contributed by atoms with E-state index in [0.29, 0.717) is 5.69 Å². The molecule has 0 N–H and O–H groups in total. The molecule has 0 saturated carbocycles. The molecular formula is C13H12IN2O2+. The van der Waals surface area contributed by atoms with Crippen molar-refractivity contribution in [3.8, 4) is 11.3 Å². The molecule has 1 aromatic carbocycles. The molecule has 2 aromatic rings. The first kappa shape index (κ1) is 12.9. The normalized spacial score (nSPS) is 10.4. The van der Waals surface area contributed by atoms with E-state index in [9.17, 15) is 10.1 Å². The number of hydrogen-bond acceptors (Lipinski definition) is 2. The van der Waals surface area contributed by atoms with Crippen LogP contribution in [-0.4, -0.2) is 4.92 Å². The highest BCUT2D eigenvalue weighted by Gasteiger charge is 2.28. The molecule has 0 radical (unpaired) electrons. The molecule has 1 aromatic heterocycles. The predicted octanol–water partition coefficient (Wildman–Crippen LogP) is 3.00. The quantitative estimate of drug-likeness (QED) is 0.360. The lowest BCUT2D eigenvalue weighted by molar-refractivity contribution is -0.669. The van der Waals surface area contributed by atoms with Crippen LogP contribution in [0.1, 0.15) is 5.69 Å². The summed E-state index contributed by atoms with van der Waals surface area (Å²) in [6, 6.07) is 11.1. The maximum atomic E-state index is 11.2. The number of benzene rings is 1. The second kappa shape index (κ2) is 5.01. The summed E-state index contributed by atoms with van der Waals surface area (Å²) in [5.41, 5.74) is 2.64. The summed E-state index contributed by atoms with van der Waals surface area (Å²) < 4.78 is 2.76. The molecule has 5 heteroatoms. The van der Waals surface area contributed by atoms with Crippen LogP contribution in [-0.2, 0) is 7.05 Å². The Morgan fingerprint density at radius 1 is 1.28 bits per heavy atom. The average Bonchev–Trinajstić information content (AvgIpc) is 2.36. The number of rotatable bonds is 2. The Hall–Kier alpha value is -1.50. The molecule has 0 aliphatic rings. The summed E-state index contributed by atoms with van der Waals surface area (Å²) in [6.07, 6.45) is 0. The zero-order valence-corrected chi connectivity index (χ0v) is 12.2. The smallest absolute Gasteiger partial charge is 0.258 e. The molecule has 18 heavy (non-hydrogen) atoms. The maximum absolute atomic E-state index is 11.2. The van der Waals surface area contributed by atoms with Crippen molar-refractivity contribution in [2.24, 2.45) is 7.05 Å². The molecule has 0 aliphatic carbocycles. The van der Waals surface area contributed by atoms with E-state index < -0.39 is 0 Å². The Balaban J connectivity index is 2.80. The average molecular weight is 355 g/mol. The number of hydrogen-bond donors (Lipinski definition) is 0. The molecule has 0 unspecified atom stereocenters. The molecule has 4 nitrogen and oxygen atoms in total. The van der Waals surface area contributed by atoms with Gasteiger partial charge in [-0.15, -0.1) is 0 Å². The molecule has 0 saturated heterocycles. The number of aromatic nitrogens is 1. The summed E-state index contributed by atoms with van der Waals surface area (Å²) in [5, 5.41) is 11.2. The number of nitro groups is 1. The molecule has 0 fully saturated rings. The van der Waals surface area contributed by atoms with Gasteiger partial charge in [-0.2, -0.15) is 4.57 Å². The molecule has 0 bridgehead atoms. The topological polar surface area (TPSA) is 47.0 Å². The Morgan fingerprint density at radius 2 is 1.89 bits per heavy atom. The maximum Gasteiger partial charge on any atom is 0.341 e. The van der Waals surface area contributed by atoms with Crippen LogP contribution in [0, 0.1) is 20.6 Å². The van der Waals surface area contributed by atoms with Crippen molar-refractivity contribution < 1.29 is 9.49 Å². The first-order chi connectivity index (χ1) is 8.52. The van der Waals surface area contributed by atoms with Crippen LogP contribution in [0.25, 0.3) is 11.3 Å². The van der Waals surface area contributed by atoms with Crippen molar-refractivity contribution in [3.05, 3.63) is 55.8 Å². The Morgan fingerprint density at radius 3 is 2.44 bits per heavy atom. The molecule has 0 amide bonds. The molecule has 0 spiro atoms. The van der Waals surface area contributed by atoms with Gasteiger partial charge in [0.05, 0.1) is 14.1 Å². The van der Waals surface area contributed by atoms with E-state index in [1.165, 1.54) is 0 Å². The Labute approximate surface area is 119 Å². The van der Waals surface area contributed by atoms with E-state index in [2.05, 4.69) is 22.6 Å². The summed E-state index contributed by atoms with van der Waals surface area (Å²) in [7, 11) is 1.85. The van der Waals surface area contributed by atoms with E-state index in [4.69, 9.17) is 0 Å². The van der Waals surface area contributed by atoms with Crippen LogP contribution in [0.15, 0.2) is 36.4 Å². The van der Waals surface area contributed by atoms with Crippen LogP contribution in [0.4, 0.5) is 5.69 Å². The minimum atomic E-state index is -0.329. The second-order valence-electron chi connectivity index (χ2n) is 3.99. The fourth-order valence-corrected chi connectivity index (χ4v) is 2.53. The molecule has 92 valence electrons. The van der Waals surface area contributed by atoms with E-state index >= 15 is 0 Å². The van der Waals surface area contributed by atoms with E-state index in [1.54, 1.807) is 6.07 Å². The zero-order valence-electron chi connectivity index (χ0n) is 10.1. The van der Waals surface area contributed by atoms with Crippen LogP contribution in [0.3, 0.4) is 0 Å². The van der Waals surface area contributed by atoms with Gasteiger partial charge in [-0.05, 0) is 34.7 Å². The molecule has 0 atom stereocenters. The van der Waals surface area contributed by atoms with Gasteiger partial charge in [0.1, 0.15) is 7.05 Å². The third kappa shape index (κ3) is 2.22. The fourth-order valence-electron chi connectivity index (χ4n) is 1.87. The van der Waals surface area contributed by atoms with Crippen molar-refractivity contribution in [2.45, 2.75) is 6.92 Å². The SMILES string of the molecule is Cc1c(I)cc([N+](=O)[O-])c(-c2ccccc2)[n+]1C. The summed E-state index contributed by atoms with van der Waals surface area (Å²) in [4.78, 5) is 10.9. The van der Waals surface area contributed by atoms with E-state index in [1.807, 2.05) is 48.9 Å². The second-order valence-corrected chi connectivity index (χ2v) is 5.16. The predicted molar refractivity (Wildman–Crippen MR) is 77.2 cm³/mol. The summed E-state index contributed by atoms with van der Waals surface area (Å²) in [6.45, 7) is 1.96. The molecular weight excluding hydrogens is 343 g/mol. The van der Waals surface area contributed by atoms with Crippen LogP contribution in [0.2, 0.25) is 0 Å². The first-order valence-electron chi connectivity index (χ1n) is 5.41. The minimum absolute atomic E-state index is 0.138. The van der Waals surface area contributed by atoms with Crippen LogP contribution in [0.5, 0.6) is 0 Å². The van der Waals surface area contributed by atoms with Crippen molar-refractivity contribution in [2.75, 3.05) is 0 Å². The van der Waals surface area contributed by atoms with Gasteiger partial charge >= 0.3 is 5.69 Å². The number of pyridine rings is 1. The fraction of sp³-hybridized carbons (Fsp3) is 0.154. The van der Waals surface area contributed by atoms with E-state index in [0.717, 1.165) is 14.8 Å². The van der Waals surface area contributed by atoms with Gasteiger partial charge in [-0.1, -0.05) is 18.2 Å². The lowest BCUT2D eigenvalue weighted by atomic mass is 10.1. The van der Waals surface area contributed by atoms with Crippen LogP contribution < -0.4 is 4.57 Å².